The van der Waals surface area contributed by atoms with Crippen molar-refractivity contribution in [1.29, 1.82) is 0 Å². The van der Waals surface area contributed by atoms with Gasteiger partial charge >= 0.3 is 0 Å². The Bertz CT molecular complexity index is 362. The van der Waals surface area contributed by atoms with Crippen LogP contribution in [0.2, 0.25) is 0 Å². The quantitative estimate of drug-likeness (QED) is 0.749. The molecule has 96 valence electrons. The van der Waals surface area contributed by atoms with Gasteiger partial charge in [0.1, 0.15) is 0 Å². The summed E-state index contributed by atoms with van der Waals surface area (Å²) in [7, 11) is 3.56. The third kappa shape index (κ3) is 5.10. The van der Waals surface area contributed by atoms with E-state index in [9.17, 15) is 8.78 Å². The summed E-state index contributed by atoms with van der Waals surface area (Å²) in [5.41, 5.74) is 0.753. The first-order valence-corrected chi connectivity index (χ1v) is 6.20. The van der Waals surface area contributed by atoms with Crippen LogP contribution in [0.25, 0.3) is 0 Å². The fourth-order valence-corrected chi connectivity index (χ4v) is 2.34. The zero-order chi connectivity index (χ0) is 12.8. The van der Waals surface area contributed by atoms with Crippen LogP contribution in [0.5, 0.6) is 0 Å². The summed E-state index contributed by atoms with van der Waals surface area (Å²) in [5, 5.41) is 0. The van der Waals surface area contributed by atoms with Gasteiger partial charge in [0.25, 0.3) is 0 Å². The molecule has 0 aliphatic heterocycles. The van der Waals surface area contributed by atoms with E-state index in [0.29, 0.717) is 13.2 Å². The lowest BCUT2D eigenvalue weighted by molar-refractivity contribution is 0.185. The Morgan fingerprint density at radius 2 is 2.06 bits per heavy atom. The number of alkyl halides is 1. The van der Waals surface area contributed by atoms with E-state index in [1.807, 2.05) is 11.9 Å². The van der Waals surface area contributed by atoms with Crippen LogP contribution in [0.3, 0.4) is 0 Å². The molecule has 0 saturated carbocycles. The highest BCUT2D eigenvalue weighted by Gasteiger charge is 2.09. The first-order valence-electron chi connectivity index (χ1n) is 5.28. The lowest BCUT2D eigenvalue weighted by Crippen LogP contribution is -2.28. The molecular formula is C12H16BrF2NO. The van der Waals surface area contributed by atoms with Crippen molar-refractivity contribution in [3.63, 3.8) is 0 Å². The molecule has 5 heteroatoms. The molecular weight excluding hydrogens is 292 g/mol. The number of nitrogens with zero attached hydrogens (tertiary/aromatic N) is 1. The van der Waals surface area contributed by atoms with Gasteiger partial charge < -0.3 is 9.64 Å². The minimum atomic E-state index is -0.811. The molecule has 0 aliphatic carbocycles. The van der Waals surface area contributed by atoms with Crippen molar-refractivity contribution in [2.75, 3.05) is 27.3 Å². The smallest absolute Gasteiger partial charge is 0.159 e. The van der Waals surface area contributed by atoms with Crippen molar-refractivity contribution >= 4 is 15.9 Å². The van der Waals surface area contributed by atoms with Gasteiger partial charge in [-0.1, -0.05) is 22.0 Å². The molecule has 0 saturated heterocycles. The van der Waals surface area contributed by atoms with Crippen LogP contribution in [0.1, 0.15) is 5.56 Å². The summed E-state index contributed by atoms with van der Waals surface area (Å²) in [5.74, 6) is -1.61. The number of halogens is 3. The van der Waals surface area contributed by atoms with Gasteiger partial charge in [0.15, 0.2) is 11.6 Å². The average Bonchev–Trinajstić information content (AvgIpc) is 2.23. The van der Waals surface area contributed by atoms with E-state index in [0.717, 1.165) is 18.2 Å². The third-order valence-electron chi connectivity index (χ3n) is 2.29. The summed E-state index contributed by atoms with van der Waals surface area (Å²) in [6, 6.07) is 3.97. The Morgan fingerprint density at radius 1 is 1.35 bits per heavy atom. The number of methoxy groups -OCH3 is 1. The van der Waals surface area contributed by atoms with Crippen molar-refractivity contribution in [2.45, 2.75) is 11.4 Å². The fraction of sp³-hybridized carbons (Fsp3) is 0.500. The fourth-order valence-electron chi connectivity index (χ4n) is 1.59. The molecule has 0 radical (unpaired) electrons. The highest BCUT2D eigenvalue weighted by molar-refractivity contribution is 9.09. The standard InChI is InChI=1S/C12H16BrF2NO/c1-16(7-10(13)8-17-2)6-9-3-4-11(14)12(15)5-9/h3-5,10H,6-8H2,1-2H3. The van der Waals surface area contributed by atoms with Crippen LogP contribution in [0.4, 0.5) is 8.78 Å². The summed E-state index contributed by atoms with van der Waals surface area (Å²) < 4.78 is 30.7. The normalized spacial score (nSPS) is 13.1. The molecule has 0 N–H and O–H groups in total. The number of hydrogen-bond acceptors (Lipinski definition) is 2. The van der Waals surface area contributed by atoms with Gasteiger partial charge in [-0.3, -0.25) is 0 Å². The molecule has 0 aromatic heterocycles. The van der Waals surface area contributed by atoms with Crippen molar-refractivity contribution in [2.24, 2.45) is 0 Å². The molecule has 0 fully saturated rings. The lowest BCUT2D eigenvalue weighted by atomic mass is 10.2. The van der Waals surface area contributed by atoms with Crippen LogP contribution >= 0.6 is 15.9 Å². The maximum atomic E-state index is 13.0. The minimum Gasteiger partial charge on any atom is -0.383 e. The van der Waals surface area contributed by atoms with Gasteiger partial charge in [0.2, 0.25) is 0 Å². The molecule has 2 nitrogen and oxygen atoms in total. The van der Waals surface area contributed by atoms with Crippen molar-refractivity contribution < 1.29 is 13.5 Å². The van der Waals surface area contributed by atoms with Crippen molar-refractivity contribution in [3.05, 3.63) is 35.4 Å². The minimum absolute atomic E-state index is 0.225. The number of ether oxygens (including phenoxy) is 1. The maximum Gasteiger partial charge on any atom is 0.159 e. The van der Waals surface area contributed by atoms with E-state index in [-0.39, 0.29) is 4.83 Å². The Hall–Kier alpha value is -0.520. The molecule has 0 bridgehead atoms. The van der Waals surface area contributed by atoms with Gasteiger partial charge in [-0.25, -0.2) is 8.78 Å². The van der Waals surface area contributed by atoms with Gasteiger partial charge in [0.05, 0.1) is 11.4 Å². The largest absolute Gasteiger partial charge is 0.383 e. The molecule has 1 atom stereocenters. The van der Waals surface area contributed by atoms with E-state index in [1.54, 1.807) is 13.2 Å². The molecule has 0 aliphatic rings. The first kappa shape index (κ1) is 14.5. The van der Waals surface area contributed by atoms with Gasteiger partial charge in [-0.15, -0.1) is 0 Å². The zero-order valence-electron chi connectivity index (χ0n) is 9.92. The lowest BCUT2D eigenvalue weighted by Gasteiger charge is -2.19. The zero-order valence-corrected chi connectivity index (χ0v) is 11.5. The van der Waals surface area contributed by atoms with Crippen LogP contribution in [-0.2, 0) is 11.3 Å². The van der Waals surface area contributed by atoms with Crippen molar-refractivity contribution in [3.8, 4) is 0 Å². The Labute approximate surface area is 109 Å². The summed E-state index contributed by atoms with van der Waals surface area (Å²) in [6.07, 6.45) is 0. The molecule has 1 unspecified atom stereocenters. The van der Waals surface area contributed by atoms with E-state index in [1.165, 1.54) is 6.07 Å². The SMILES string of the molecule is COCC(Br)CN(C)Cc1ccc(F)c(F)c1. The van der Waals surface area contributed by atoms with E-state index >= 15 is 0 Å². The Balaban J connectivity index is 2.50. The van der Waals surface area contributed by atoms with Crippen LogP contribution in [0.15, 0.2) is 18.2 Å². The number of benzene rings is 1. The van der Waals surface area contributed by atoms with Gasteiger partial charge in [0, 0.05) is 20.2 Å². The molecule has 17 heavy (non-hydrogen) atoms. The monoisotopic (exact) mass is 307 g/mol. The molecule has 1 rings (SSSR count). The van der Waals surface area contributed by atoms with Gasteiger partial charge in [-0.05, 0) is 24.7 Å². The summed E-state index contributed by atoms with van der Waals surface area (Å²) in [6.45, 7) is 1.96. The molecule has 1 aromatic carbocycles. The maximum absolute atomic E-state index is 13.0. The second kappa shape index (κ2) is 7.03. The Morgan fingerprint density at radius 3 is 2.65 bits per heavy atom. The summed E-state index contributed by atoms with van der Waals surface area (Å²) in [4.78, 5) is 2.24. The topological polar surface area (TPSA) is 12.5 Å². The highest BCUT2D eigenvalue weighted by atomic mass is 79.9. The highest BCUT2D eigenvalue weighted by Crippen LogP contribution is 2.11. The van der Waals surface area contributed by atoms with Gasteiger partial charge in [-0.2, -0.15) is 0 Å². The number of hydrogen-bond donors (Lipinski definition) is 0. The van der Waals surface area contributed by atoms with E-state index in [4.69, 9.17) is 4.74 Å². The van der Waals surface area contributed by atoms with Crippen LogP contribution in [0, 0.1) is 11.6 Å². The first-order chi connectivity index (χ1) is 8.02. The van der Waals surface area contributed by atoms with E-state index < -0.39 is 11.6 Å². The predicted octanol–water partition coefficient (Wildman–Crippen LogP) is 2.81. The van der Waals surface area contributed by atoms with Crippen LogP contribution < -0.4 is 0 Å². The molecule has 0 amide bonds. The summed E-state index contributed by atoms with van der Waals surface area (Å²) >= 11 is 3.48. The Kier molecular flexibility index (Phi) is 6.02. The van der Waals surface area contributed by atoms with E-state index in [2.05, 4.69) is 15.9 Å². The molecule has 0 heterocycles. The number of rotatable bonds is 6. The molecule has 0 spiro atoms. The predicted molar refractivity (Wildman–Crippen MR) is 67.3 cm³/mol. The second-order valence-electron chi connectivity index (χ2n) is 4.00. The average molecular weight is 308 g/mol. The molecule has 1 aromatic rings. The van der Waals surface area contributed by atoms with Crippen LogP contribution in [-0.4, -0.2) is 37.0 Å². The second-order valence-corrected chi connectivity index (χ2v) is 5.29. The van der Waals surface area contributed by atoms with Crippen molar-refractivity contribution in [1.82, 2.24) is 4.90 Å². The third-order valence-corrected chi connectivity index (χ3v) is 2.85.